The van der Waals surface area contributed by atoms with Gasteiger partial charge >= 0.3 is 0 Å². The molecule has 0 spiro atoms. The zero-order chi connectivity index (χ0) is 14.9. The van der Waals surface area contributed by atoms with Crippen molar-refractivity contribution < 1.29 is 14.6 Å². The lowest BCUT2D eigenvalue weighted by Gasteiger charge is -2.43. The van der Waals surface area contributed by atoms with Crippen molar-refractivity contribution in [3.05, 3.63) is 27.7 Å². The number of methoxy groups -OCH3 is 1. The SMILES string of the molecule is COCC(C)(O)C1CC(Oc2cc(C)c(Br)c(C)c2)C1. The highest BCUT2D eigenvalue weighted by Gasteiger charge is 2.43. The van der Waals surface area contributed by atoms with Gasteiger partial charge in [0.25, 0.3) is 0 Å². The number of halogens is 1. The summed E-state index contributed by atoms with van der Waals surface area (Å²) in [5.74, 6) is 1.17. The Morgan fingerprint density at radius 2 is 1.85 bits per heavy atom. The van der Waals surface area contributed by atoms with Crippen molar-refractivity contribution in [3.8, 4) is 5.75 Å². The molecule has 0 radical (unpaired) electrons. The molecule has 4 heteroatoms. The van der Waals surface area contributed by atoms with Crippen LogP contribution in [0, 0.1) is 19.8 Å². The van der Waals surface area contributed by atoms with Crippen molar-refractivity contribution in [2.75, 3.05) is 13.7 Å². The van der Waals surface area contributed by atoms with Crippen molar-refractivity contribution in [2.24, 2.45) is 5.92 Å². The number of aliphatic hydroxyl groups is 1. The predicted octanol–water partition coefficient (Wildman–Crippen LogP) is 3.62. The van der Waals surface area contributed by atoms with Crippen molar-refractivity contribution in [1.82, 2.24) is 0 Å². The van der Waals surface area contributed by atoms with Gasteiger partial charge in [-0.05, 0) is 62.8 Å². The molecule has 1 aromatic rings. The van der Waals surface area contributed by atoms with E-state index in [0.717, 1.165) is 23.1 Å². The van der Waals surface area contributed by atoms with Crippen LogP contribution in [0.1, 0.15) is 30.9 Å². The molecule has 0 aromatic heterocycles. The highest BCUT2D eigenvalue weighted by Crippen LogP contribution is 2.39. The fourth-order valence-corrected chi connectivity index (χ4v) is 2.98. The topological polar surface area (TPSA) is 38.7 Å². The van der Waals surface area contributed by atoms with E-state index in [1.807, 2.05) is 6.92 Å². The lowest BCUT2D eigenvalue weighted by atomic mass is 9.72. The summed E-state index contributed by atoms with van der Waals surface area (Å²) in [6.07, 6.45) is 1.96. The molecular formula is C16H23BrO3. The van der Waals surface area contributed by atoms with E-state index in [2.05, 4.69) is 41.9 Å². The average molecular weight is 343 g/mol. The van der Waals surface area contributed by atoms with E-state index in [9.17, 15) is 5.11 Å². The Hall–Kier alpha value is -0.580. The number of benzene rings is 1. The zero-order valence-electron chi connectivity index (χ0n) is 12.6. The highest BCUT2D eigenvalue weighted by molar-refractivity contribution is 9.10. The van der Waals surface area contributed by atoms with E-state index in [0.29, 0.717) is 6.61 Å². The third kappa shape index (κ3) is 3.35. The number of hydrogen-bond donors (Lipinski definition) is 1. The Balaban J connectivity index is 1.92. The minimum Gasteiger partial charge on any atom is -0.490 e. The van der Waals surface area contributed by atoms with E-state index in [1.165, 1.54) is 11.1 Å². The van der Waals surface area contributed by atoms with Gasteiger partial charge < -0.3 is 14.6 Å². The van der Waals surface area contributed by atoms with Crippen LogP contribution in [0.4, 0.5) is 0 Å². The van der Waals surface area contributed by atoms with Crippen LogP contribution >= 0.6 is 15.9 Å². The van der Waals surface area contributed by atoms with Crippen LogP contribution in [-0.4, -0.2) is 30.5 Å². The molecule has 2 rings (SSSR count). The first-order valence-electron chi connectivity index (χ1n) is 6.98. The Morgan fingerprint density at radius 1 is 1.30 bits per heavy atom. The Labute approximate surface area is 129 Å². The van der Waals surface area contributed by atoms with Crippen LogP contribution in [0.2, 0.25) is 0 Å². The van der Waals surface area contributed by atoms with E-state index < -0.39 is 5.60 Å². The molecule has 0 heterocycles. The van der Waals surface area contributed by atoms with Gasteiger partial charge in [-0.25, -0.2) is 0 Å². The average Bonchev–Trinajstić information content (AvgIpc) is 2.29. The lowest BCUT2D eigenvalue weighted by Crippen LogP contribution is -2.49. The third-order valence-corrected chi connectivity index (χ3v) is 5.37. The molecule has 0 bridgehead atoms. The van der Waals surface area contributed by atoms with Crippen LogP contribution in [0.3, 0.4) is 0 Å². The van der Waals surface area contributed by atoms with Crippen molar-refractivity contribution in [1.29, 1.82) is 0 Å². The van der Waals surface area contributed by atoms with Crippen LogP contribution in [0.25, 0.3) is 0 Å². The summed E-state index contributed by atoms with van der Waals surface area (Å²) < 4.78 is 12.2. The summed E-state index contributed by atoms with van der Waals surface area (Å²) in [6, 6.07) is 4.11. The second-order valence-electron chi connectivity index (χ2n) is 6.07. The number of rotatable bonds is 5. The molecule has 1 aromatic carbocycles. The van der Waals surface area contributed by atoms with E-state index in [1.54, 1.807) is 7.11 Å². The standard InChI is InChI=1S/C16H23BrO3/c1-10-5-13(6-11(2)15(10)17)20-14-7-12(8-14)16(3,18)9-19-4/h5-6,12,14,18H,7-9H2,1-4H3. The van der Waals surface area contributed by atoms with Crippen molar-refractivity contribution in [3.63, 3.8) is 0 Å². The summed E-state index contributed by atoms with van der Waals surface area (Å²) in [6.45, 7) is 6.35. The summed E-state index contributed by atoms with van der Waals surface area (Å²) in [5.41, 5.74) is 1.62. The maximum absolute atomic E-state index is 10.3. The third-order valence-electron chi connectivity index (χ3n) is 4.12. The highest BCUT2D eigenvalue weighted by atomic mass is 79.9. The zero-order valence-corrected chi connectivity index (χ0v) is 14.2. The molecule has 20 heavy (non-hydrogen) atoms. The van der Waals surface area contributed by atoms with Gasteiger partial charge in [0.1, 0.15) is 5.75 Å². The molecule has 1 aliphatic carbocycles. The van der Waals surface area contributed by atoms with Crippen LogP contribution in [-0.2, 0) is 4.74 Å². The van der Waals surface area contributed by atoms with Gasteiger partial charge in [0.15, 0.2) is 0 Å². The number of aryl methyl sites for hydroxylation is 2. The Kier molecular flexibility index (Phi) is 4.77. The molecule has 1 atom stereocenters. The second-order valence-corrected chi connectivity index (χ2v) is 6.86. The molecule has 0 aliphatic heterocycles. The summed E-state index contributed by atoms with van der Waals surface area (Å²) in [7, 11) is 1.62. The van der Waals surface area contributed by atoms with E-state index in [4.69, 9.17) is 9.47 Å². The van der Waals surface area contributed by atoms with Gasteiger partial charge in [-0.15, -0.1) is 0 Å². The van der Waals surface area contributed by atoms with Gasteiger partial charge in [-0.1, -0.05) is 15.9 Å². The smallest absolute Gasteiger partial charge is 0.120 e. The maximum atomic E-state index is 10.3. The minimum atomic E-state index is -0.750. The van der Waals surface area contributed by atoms with Crippen LogP contribution in [0.5, 0.6) is 5.75 Å². The molecule has 1 aliphatic rings. The summed E-state index contributed by atoms with van der Waals surface area (Å²) >= 11 is 3.56. The Bertz CT molecular complexity index is 456. The summed E-state index contributed by atoms with van der Waals surface area (Å²) in [4.78, 5) is 0. The number of ether oxygens (including phenoxy) is 2. The van der Waals surface area contributed by atoms with Crippen molar-refractivity contribution in [2.45, 2.75) is 45.3 Å². The van der Waals surface area contributed by atoms with Gasteiger partial charge in [-0.2, -0.15) is 0 Å². The molecule has 3 nitrogen and oxygen atoms in total. The molecule has 1 unspecified atom stereocenters. The van der Waals surface area contributed by atoms with Crippen LogP contribution in [0.15, 0.2) is 16.6 Å². The maximum Gasteiger partial charge on any atom is 0.120 e. The molecule has 1 fully saturated rings. The lowest BCUT2D eigenvalue weighted by molar-refractivity contribution is -0.112. The number of hydrogen-bond acceptors (Lipinski definition) is 3. The quantitative estimate of drug-likeness (QED) is 0.888. The second kappa shape index (κ2) is 6.04. The minimum absolute atomic E-state index is 0.198. The monoisotopic (exact) mass is 342 g/mol. The first-order valence-corrected chi connectivity index (χ1v) is 7.77. The molecule has 0 amide bonds. The fourth-order valence-electron chi connectivity index (χ4n) is 2.75. The molecular weight excluding hydrogens is 320 g/mol. The molecule has 112 valence electrons. The largest absolute Gasteiger partial charge is 0.490 e. The van der Waals surface area contributed by atoms with E-state index >= 15 is 0 Å². The summed E-state index contributed by atoms with van der Waals surface area (Å²) in [5, 5.41) is 10.3. The predicted molar refractivity (Wildman–Crippen MR) is 83.3 cm³/mol. The molecule has 1 saturated carbocycles. The van der Waals surface area contributed by atoms with Gasteiger partial charge in [-0.3, -0.25) is 0 Å². The fraction of sp³-hybridized carbons (Fsp3) is 0.625. The van der Waals surface area contributed by atoms with Crippen LogP contribution < -0.4 is 4.74 Å². The first-order chi connectivity index (χ1) is 9.33. The molecule has 0 saturated heterocycles. The Morgan fingerprint density at radius 3 is 2.35 bits per heavy atom. The normalized spacial score (nSPS) is 24.9. The van der Waals surface area contributed by atoms with Gasteiger partial charge in [0.05, 0.1) is 18.3 Å². The van der Waals surface area contributed by atoms with Crippen molar-refractivity contribution >= 4 is 15.9 Å². The van der Waals surface area contributed by atoms with Gasteiger partial charge in [0.2, 0.25) is 0 Å². The van der Waals surface area contributed by atoms with E-state index in [-0.39, 0.29) is 12.0 Å². The first kappa shape index (κ1) is 15.8. The van der Waals surface area contributed by atoms with Gasteiger partial charge in [0, 0.05) is 11.6 Å². The molecule has 1 N–H and O–H groups in total.